The molecule has 3 rings (SSSR count). The predicted molar refractivity (Wildman–Crippen MR) is 80.8 cm³/mol. The van der Waals surface area contributed by atoms with Crippen LogP contribution in [0.4, 0.5) is 0 Å². The molecule has 0 saturated heterocycles. The van der Waals surface area contributed by atoms with E-state index in [0.29, 0.717) is 12.3 Å². The zero-order valence-corrected chi connectivity index (χ0v) is 12.2. The molecule has 5 nitrogen and oxygen atoms in total. The van der Waals surface area contributed by atoms with E-state index in [4.69, 9.17) is 9.47 Å². The Labute approximate surface area is 121 Å². The van der Waals surface area contributed by atoms with Gasteiger partial charge in [0.2, 0.25) is 0 Å². The lowest BCUT2D eigenvalue weighted by Crippen LogP contribution is -2.09. The van der Waals surface area contributed by atoms with Gasteiger partial charge < -0.3 is 14.5 Å². The Morgan fingerprint density at radius 2 is 2.14 bits per heavy atom. The second-order valence-corrected chi connectivity index (χ2v) is 4.78. The molecule has 1 N–H and O–H groups in total. The molecule has 0 saturated carbocycles. The largest absolute Gasteiger partial charge is 0.497 e. The summed E-state index contributed by atoms with van der Waals surface area (Å²) in [7, 11) is 1.63. The van der Waals surface area contributed by atoms with E-state index in [-0.39, 0.29) is 0 Å². The maximum atomic E-state index is 12.0. The average Bonchev–Trinajstić information content (AvgIpc) is 2.85. The Hall–Kier alpha value is -2.56. The van der Waals surface area contributed by atoms with Crippen molar-refractivity contribution in [2.45, 2.75) is 13.8 Å². The van der Waals surface area contributed by atoms with Gasteiger partial charge in [-0.3, -0.25) is 0 Å². The zero-order valence-electron chi connectivity index (χ0n) is 12.2. The van der Waals surface area contributed by atoms with Crippen LogP contribution in [0.2, 0.25) is 0 Å². The third kappa shape index (κ3) is 2.11. The van der Waals surface area contributed by atoms with Gasteiger partial charge in [-0.1, -0.05) is 0 Å². The molecule has 3 aromatic rings. The van der Waals surface area contributed by atoms with Gasteiger partial charge in [0, 0.05) is 16.3 Å². The minimum atomic E-state index is -0.394. The number of carbonyl (C=O) groups is 1. The lowest BCUT2D eigenvalue weighted by molar-refractivity contribution is 0.0519. The number of aromatic amines is 1. The molecule has 0 spiro atoms. The third-order valence-electron chi connectivity index (χ3n) is 3.56. The SMILES string of the molecule is CCOC(=O)c1ncc2[nH]c3ccc(OC)cc3c2c1C. The lowest BCUT2D eigenvalue weighted by Gasteiger charge is -2.06. The topological polar surface area (TPSA) is 64.2 Å². The van der Waals surface area contributed by atoms with Gasteiger partial charge in [-0.05, 0) is 37.6 Å². The molecule has 0 atom stereocenters. The lowest BCUT2D eigenvalue weighted by atomic mass is 10.1. The number of methoxy groups -OCH3 is 1. The number of hydrogen-bond donors (Lipinski definition) is 1. The molecular formula is C16H16N2O3. The smallest absolute Gasteiger partial charge is 0.357 e. The van der Waals surface area contributed by atoms with Gasteiger partial charge >= 0.3 is 5.97 Å². The molecule has 0 aliphatic heterocycles. The molecule has 0 amide bonds. The monoisotopic (exact) mass is 284 g/mol. The second-order valence-electron chi connectivity index (χ2n) is 4.78. The molecule has 0 unspecified atom stereocenters. The molecular weight excluding hydrogens is 268 g/mol. The molecule has 108 valence electrons. The fourth-order valence-electron chi connectivity index (χ4n) is 2.57. The van der Waals surface area contributed by atoms with Gasteiger partial charge in [0.15, 0.2) is 5.69 Å². The number of esters is 1. The summed E-state index contributed by atoms with van der Waals surface area (Å²) in [5.41, 5.74) is 3.04. The van der Waals surface area contributed by atoms with Gasteiger partial charge in [0.25, 0.3) is 0 Å². The number of aromatic nitrogens is 2. The summed E-state index contributed by atoms with van der Waals surface area (Å²) in [5, 5.41) is 1.98. The number of aryl methyl sites for hydroxylation is 1. The first kappa shape index (κ1) is 13.4. The highest BCUT2D eigenvalue weighted by Crippen LogP contribution is 2.31. The van der Waals surface area contributed by atoms with Crippen LogP contribution in [-0.2, 0) is 4.74 Å². The zero-order chi connectivity index (χ0) is 15.0. The first-order valence-electron chi connectivity index (χ1n) is 6.77. The summed E-state index contributed by atoms with van der Waals surface area (Å²) in [5.74, 6) is 0.381. The number of H-pyrrole nitrogens is 1. The normalized spacial score (nSPS) is 11.0. The van der Waals surface area contributed by atoms with Crippen LogP contribution in [0.25, 0.3) is 21.8 Å². The van der Waals surface area contributed by atoms with E-state index in [0.717, 1.165) is 33.1 Å². The van der Waals surface area contributed by atoms with Crippen molar-refractivity contribution in [3.8, 4) is 5.75 Å². The van der Waals surface area contributed by atoms with Crippen LogP contribution in [0.5, 0.6) is 5.75 Å². The van der Waals surface area contributed by atoms with Gasteiger partial charge in [-0.25, -0.2) is 9.78 Å². The van der Waals surface area contributed by atoms with E-state index in [2.05, 4.69) is 9.97 Å². The van der Waals surface area contributed by atoms with Crippen molar-refractivity contribution in [1.82, 2.24) is 9.97 Å². The number of pyridine rings is 1. The molecule has 0 fully saturated rings. The van der Waals surface area contributed by atoms with E-state index in [9.17, 15) is 4.79 Å². The molecule has 1 aromatic carbocycles. The maximum Gasteiger partial charge on any atom is 0.357 e. The van der Waals surface area contributed by atoms with Crippen LogP contribution in [0.15, 0.2) is 24.4 Å². The summed E-state index contributed by atoms with van der Waals surface area (Å²) in [6, 6.07) is 5.81. The highest BCUT2D eigenvalue weighted by atomic mass is 16.5. The van der Waals surface area contributed by atoms with Crippen molar-refractivity contribution >= 4 is 27.8 Å². The van der Waals surface area contributed by atoms with Crippen LogP contribution < -0.4 is 4.74 Å². The Morgan fingerprint density at radius 3 is 2.86 bits per heavy atom. The number of fused-ring (bicyclic) bond motifs is 3. The summed E-state index contributed by atoms with van der Waals surface area (Å²) < 4.78 is 10.3. The van der Waals surface area contributed by atoms with Gasteiger partial charge in [-0.15, -0.1) is 0 Å². The molecule has 0 radical (unpaired) electrons. The van der Waals surface area contributed by atoms with E-state index < -0.39 is 5.97 Å². The van der Waals surface area contributed by atoms with Gasteiger partial charge in [0.05, 0.1) is 25.4 Å². The summed E-state index contributed by atoms with van der Waals surface area (Å²) >= 11 is 0. The molecule has 21 heavy (non-hydrogen) atoms. The fourth-order valence-corrected chi connectivity index (χ4v) is 2.57. The number of rotatable bonds is 3. The highest BCUT2D eigenvalue weighted by Gasteiger charge is 2.17. The third-order valence-corrected chi connectivity index (χ3v) is 3.56. The van der Waals surface area contributed by atoms with E-state index in [1.54, 1.807) is 20.2 Å². The molecule has 5 heteroatoms. The van der Waals surface area contributed by atoms with Crippen LogP contribution in [0.1, 0.15) is 23.0 Å². The first-order valence-corrected chi connectivity index (χ1v) is 6.77. The predicted octanol–water partition coefficient (Wildman–Crippen LogP) is 3.21. The van der Waals surface area contributed by atoms with Crippen LogP contribution >= 0.6 is 0 Å². The molecule has 0 aliphatic rings. The number of hydrogen-bond acceptors (Lipinski definition) is 4. The van der Waals surface area contributed by atoms with E-state index >= 15 is 0 Å². The number of carbonyl (C=O) groups excluding carboxylic acids is 1. The van der Waals surface area contributed by atoms with Crippen molar-refractivity contribution in [3.05, 3.63) is 35.7 Å². The average molecular weight is 284 g/mol. The van der Waals surface area contributed by atoms with Crippen LogP contribution in [0, 0.1) is 6.92 Å². The van der Waals surface area contributed by atoms with Gasteiger partial charge in [-0.2, -0.15) is 0 Å². The van der Waals surface area contributed by atoms with Gasteiger partial charge in [0.1, 0.15) is 5.75 Å². The molecule has 0 bridgehead atoms. The minimum Gasteiger partial charge on any atom is -0.497 e. The number of nitrogens with one attached hydrogen (secondary N) is 1. The fraction of sp³-hybridized carbons (Fsp3) is 0.250. The standard InChI is InChI=1S/C16H16N2O3/c1-4-21-16(19)15-9(2)14-11-7-10(20-3)5-6-12(11)18-13(14)8-17-15/h5-8,18H,4H2,1-3H3. The van der Waals surface area contributed by atoms with Crippen molar-refractivity contribution in [2.24, 2.45) is 0 Å². The Morgan fingerprint density at radius 1 is 1.33 bits per heavy atom. The Kier molecular flexibility index (Phi) is 3.25. The molecule has 2 heterocycles. The summed E-state index contributed by atoms with van der Waals surface area (Å²) in [6.45, 7) is 4.00. The van der Waals surface area contributed by atoms with E-state index in [1.165, 1.54) is 0 Å². The van der Waals surface area contributed by atoms with Crippen molar-refractivity contribution in [3.63, 3.8) is 0 Å². The van der Waals surface area contributed by atoms with Crippen molar-refractivity contribution in [1.29, 1.82) is 0 Å². The number of benzene rings is 1. The van der Waals surface area contributed by atoms with Crippen molar-refractivity contribution < 1.29 is 14.3 Å². The minimum absolute atomic E-state index is 0.333. The Bertz CT molecular complexity index is 836. The summed E-state index contributed by atoms with van der Waals surface area (Å²) in [4.78, 5) is 19.5. The molecule has 2 aromatic heterocycles. The van der Waals surface area contributed by atoms with E-state index in [1.807, 2.05) is 25.1 Å². The van der Waals surface area contributed by atoms with Crippen molar-refractivity contribution in [2.75, 3.05) is 13.7 Å². The number of nitrogens with zero attached hydrogens (tertiary/aromatic N) is 1. The second kappa shape index (κ2) is 5.09. The Balaban J connectivity index is 2.30. The quantitative estimate of drug-likeness (QED) is 0.750. The first-order chi connectivity index (χ1) is 10.2. The summed E-state index contributed by atoms with van der Waals surface area (Å²) in [6.07, 6.45) is 1.67. The van der Waals surface area contributed by atoms with Crippen LogP contribution in [0.3, 0.4) is 0 Å². The number of ether oxygens (including phenoxy) is 2. The highest BCUT2D eigenvalue weighted by molar-refractivity contribution is 6.11. The van der Waals surface area contributed by atoms with Crippen LogP contribution in [-0.4, -0.2) is 29.7 Å². The maximum absolute atomic E-state index is 12.0. The molecule has 0 aliphatic carbocycles.